The highest BCUT2D eigenvalue weighted by Crippen LogP contribution is 2.30. The summed E-state index contributed by atoms with van der Waals surface area (Å²) in [5.74, 6) is 0.327. The van der Waals surface area contributed by atoms with Crippen LogP contribution in [0.5, 0.6) is 0 Å². The Bertz CT molecular complexity index is 950. The molecule has 0 saturated carbocycles. The van der Waals surface area contributed by atoms with E-state index in [2.05, 4.69) is 41.2 Å². The Morgan fingerprint density at radius 1 is 0.966 bits per heavy atom. The number of aromatic nitrogens is 2. The van der Waals surface area contributed by atoms with E-state index < -0.39 is 4.92 Å². The molecule has 0 amide bonds. The summed E-state index contributed by atoms with van der Waals surface area (Å²) in [5, 5.41) is 10.8. The van der Waals surface area contributed by atoms with Crippen LogP contribution in [0, 0.1) is 10.1 Å². The Morgan fingerprint density at radius 2 is 1.62 bits per heavy atom. The zero-order valence-corrected chi connectivity index (χ0v) is 16.6. The highest BCUT2D eigenvalue weighted by Gasteiger charge is 2.15. The molecule has 8 heteroatoms. The van der Waals surface area contributed by atoms with Crippen molar-refractivity contribution in [3.8, 4) is 11.1 Å². The average Bonchev–Trinajstić information content (AvgIpc) is 2.73. The van der Waals surface area contributed by atoms with Gasteiger partial charge in [-0.2, -0.15) is 4.98 Å². The van der Waals surface area contributed by atoms with Crippen molar-refractivity contribution in [3.63, 3.8) is 0 Å². The van der Waals surface area contributed by atoms with Crippen molar-refractivity contribution >= 4 is 17.5 Å². The van der Waals surface area contributed by atoms with Crippen LogP contribution >= 0.6 is 0 Å². The van der Waals surface area contributed by atoms with Gasteiger partial charge in [-0.1, -0.05) is 50.2 Å². The van der Waals surface area contributed by atoms with Gasteiger partial charge < -0.3 is 17.2 Å². The minimum atomic E-state index is -0.455. The van der Waals surface area contributed by atoms with Crippen molar-refractivity contribution in [2.75, 3.05) is 11.5 Å². The van der Waals surface area contributed by atoms with E-state index >= 15 is 0 Å². The smallest absolute Gasteiger partial charge is 0.270 e. The molecule has 8 nitrogen and oxygen atoms in total. The highest BCUT2D eigenvalue weighted by atomic mass is 16.6. The van der Waals surface area contributed by atoms with Crippen molar-refractivity contribution in [2.24, 2.45) is 5.73 Å². The molecule has 6 N–H and O–H groups in total. The van der Waals surface area contributed by atoms with Crippen LogP contribution in [0.3, 0.4) is 0 Å². The molecule has 3 rings (SSSR count). The number of nitro benzene ring substituents is 1. The quantitative estimate of drug-likeness (QED) is 0.443. The van der Waals surface area contributed by atoms with Crippen LogP contribution in [0.1, 0.15) is 30.7 Å². The van der Waals surface area contributed by atoms with Gasteiger partial charge in [0.1, 0.15) is 5.82 Å². The second-order valence-corrected chi connectivity index (χ2v) is 6.32. The second kappa shape index (κ2) is 10.1. The van der Waals surface area contributed by atoms with Gasteiger partial charge in [0, 0.05) is 24.2 Å². The van der Waals surface area contributed by atoms with Crippen LogP contribution in [0.15, 0.2) is 48.5 Å². The standard InChI is InChI=1S/C12H13N5O2.C9H13N/c1-2-9-10(11(13)16-12(14)15-9)7-4-3-5-8(6-7)17(18)19;1-2-8-3-5-9(7-10)6-4-8/h3-6H,2H2,1H3,(H4,13,14,15,16);3-6H,2,7,10H2,1H3. The summed E-state index contributed by atoms with van der Waals surface area (Å²) < 4.78 is 0. The Morgan fingerprint density at radius 3 is 2.17 bits per heavy atom. The van der Waals surface area contributed by atoms with Crippen LogP contribution in [0.25, 0.3) is 11.1 Å². The largest absolute Gasteiger partial charge is 0.383 e. The molecule has 3 aromatic rings. The normalized spacial score (nSPS) is 10.2. The van der Waals surface area contributed by atoms with E-state index in [4.69, 9.17) is 17.2 Å². The van der Waals surface area contributed by atoms with Gasteiger partial charge in [-0.05, 0) is 29.5 Å². The van der Waals surface area contributed by atoms with Gasteiger partial charge in [-0.25, -0.2) is 4.98 Å². The molecule has 0 radical (unpaired) electrons. The molecular weight excluding hydrogens is 368 g/mol. The van der Waals surface area contributed by atoms with Gasteiger partial charge in [0.15, 0.2) is 0 Å². The Balaban J connectivity index is 0.000000253. The third-order valence-electron chi connectivity index (χ3n) is 4.38. The number of nitrogens with zero attached hydrogens (tertiary/aromatic N) is 3. The molecule has 29 heavy (non-hydrogen) atoms. The van der Waals surface area contributed by atoms with E-state index in [1.807, 2.05) is 6.92 Å². The maximum absolute atomic E-state index is 10.8. The van der Waals surface area contributed by atoms with Crippen LogP contribution in [0.2, 0.25) is 0 Å². The number of aryl methyl sites for hydroxylation is 2. The summed E-state index contributed by atoms with van der Waals surface area (Å²) in [6.45, 7) is 4.70. The van der Waals surface area contributed by atoms with Gasteiger partial charge >= 0.3 is 0 Å². The monoisotopic (exact) mass is 394 g/mol. The van der Waals surface area contributed by atoms with Crippen molar-refractivity contribution in [1.82, 2.24) is 9.97 Å². The van der Waals surface area contributed by atoms with Gasteiger partial charge in [0.25, 0.3) is 5.69 Å². The van der Waals surface area contributed by atoms with E-state index in [-0.39, 0.29) is 17.5 Å². The number of nitrogens with two attached hydrogens (primary N) is 3. The molecule has 0 bridgehead atoms. The predicted molar refractivity (Wildman–Crippen MR) is 116 cm³/mol. The summed E-state index contributed by atoms with van der Waals surface area (Å²) in [6, 6.07) is 14.6. The second-order valence-electron chi connectivity index (χ2n) is 6.32. The van der Waals surface area contributed by atoms with Gasteiger partial charge in [0.2, 0.25) is 5.95 Å². The Hall–Kier alpha value is -3.52. The maximum atomic E-state index is 10.8. The Kier molecular flexibility index (Phi) is 7.62. The number of nitrogen functional groups attached to an aromatic ring is 2. The van der Waals surface area contributed by atoms with E-state index in [0.717, 1.165) is 6.42 Å². The molecule has 0 spiro atoms. The average molecular weight is 394 g/mol. The van der Waals surface area contributed by atoms with E-state index in [1.165, 1.54) is 23.3 Å². The maximum Gasteiger partial charge on any atom is 0.270 e. The molecule has 0 aliphatic rings. The van der Waals surface area contributed by atoms with Gasteiger partial charge in [-0.3, -0.25) is 10.1 Å². The SMILES string of the molecule is CCc1ccc(CN)cc1.CCc1nc(N)nc(N)c1-c1cccc([N+](=O)[O-])c1. The van der Waals surface area contributed by atoms with Crippen molar-refractivity contribution in [2.45, 2.75) is 33.2 Å². The first-order valence-corrected chi connectivity index (χ1v) is 9.34. The molecule has 0 unspecified atom stereocenters. The van der Waals surface area contributed by atoms with Crippen LogP contribution in [-0.2, 0) is 19.4 Å². The molecule has 1 heterocycles. The van der Waals surface area contributed by atoms with Crippen LogP contribution in [-0.4, -0.2) is 14.9 Å². The summed E-state index contributed by atoms with van der Waals surface area (Å²) in [7, 11) is 0. The van der Waals surface area contributed by atoms with Crippen LogP contribution < -0.4 is 17.2 Å². The topological polar surface area (TPSA) is 147 Å². The molecule has 0 aliphatic heterocycles. The third kappa shape index (κ3) is 5.73. The third-order valence-corrected chi connectivity index (χ3v) is 4.38. The molecule has 152 valence electrons. The molecular formula is C21H26N6O2. The number of nitro groups is 1. The van der Waals surface area contributed by atoms with E-state index in [1.54, 1.807) is 12.1 Å². The fraction of sp³-hybridized carbons (Fsp3) is 0.238. The van der Waals surface area contributed by atoms with Crippen molar-refractivity contribution < 1.29 is 4.92 Å². The highest BCUT2D eigenvalue weighted by molar-refractivity contribution is 5.78. The lowest BCUT2D eigenvalue weighted by molar-refractivity contribution is -0.384. The number of benzene rings is 2. The fourth-order valence-corrected chi connectivity index (χ4v) is 2.80. The zero-order valence-electron chi connectivity index (χ0n) is 16.6. The summed E-state index contributed by atoms with van der Waals surface area (Å²) >= 11 is 0. The molecule has 1 aromatic heterocycles. The first-order chi connectivity index (χ1) is 13.9. The fourth-order valence-electron chi connectivity index (χ4n) is 2.80. The molecule has 0 fully saturated rings. The lowest BCUT2D eigenvalue weighted by Crippen LogP contribution is -2.06. The van der Waals surface area contributed by atoms with Crippen molar-refractivity contribution in [1.29, 1.82) is 0 Å². The van der Waals surface area contributed by atoms with E-state index in [0.29, 0.717) is 29.8 Å². The number of non-ortho nitro benzene ring substituents is 1. The number of hydrogen-bond donors (Lipinski definition) is 3. The van der Waals surface area contributed by atoms with Crippen molar-refractivity contribution in [3.05, 3.63) is 75.5 Å². The van der Waals surface area contributed by atoms with E-state index in [9.17, 15) is 10.1 Å². The Labute approximate surface area is 169 Å². The number of anilines is 2. The molecule has 0 atom stereocenters. The summed E-state index contributed by atoms with van der Waals surface area (Å²) in [5.41, 5.74) is 21.3. The summed E-state index contributed by atoms with van der Waals surface area (Å²) in [6.07, 6.45) is 1.71. The minimum absolute atomic E-state index is 0.00391. The number of hydrogen-bond acceptors (Lipinski definition) is 7. The zero-order chi connectivity index (χ0) is 21.4. The predicted octanol–water partition coefficient (Wildman–Crippen LogP) is 3.49. The van der Waals surface area contributed by atoms with Gasteiger partial charge in [0.05, 0.1) is 10.6 Å². The lowest BCUT2D eigenvalue weighted by Gasteiger charge is -2.10. The van der Waals surface area contributed by atoms with Gasteiger partial charge in [-0.15, -0.1) is 0 Å². The first kappa shape index (κ1) is 21.8. The first-order valence-electron chi connectivity index (χ1n) is 9.34. The minimum Gasteiger partial charge on any atom is -0.383 e. The molecule has 0 saturated heterocycles. The number of rotatable bonds is 5. The lowest BCUT2D eigenvalue weighted by atomic mass is 10.0. The summed E-state index contributed by atoms with van der Waals surface area (Å²) in [4.78, 5) is 18.4. The molecule has 2 aromatic carbocycles. The molecule has 0 aliphatic carbocycles. The van der Waals surface area contributed by atoms with Crippen LogP contribution in [0.4, 0.5) is 17.5 Å².